The third kappa shape index (κ3) is 6.43. The first-order valence-electron chi connectivity index (χ1n) is 7.16. The molecule has 22 heavy (non-hydrogen) atoms. The van der Waals surface area contributed by atoms with Gasteiger partial charge in [0.25, 0.3) is 5.91 Å². The molecular weight excluding hydrogens is 286 g/mol. The van der Waals surface area contributed by atoms with Crippen molar-refractivity contribution in [1.82, 2.24) is 15.6 Å². The van der Waals surface area contributed by atoms with Crippen molar-refractivity contribution in [1.29, 1.82) is 0 Å². The molecule has 0 spiro atoms. The molecule has 0 fully saturated rings. The Morgan fingerprint density at radius 1 is 1.23 bits per heavy atom. The molecule has 0 unspecified atom stereocenters. The van der Waals surface area contributed by atoms with Gasteiger partial charge in [-0.25, -0.2) is 9.78 Å². The minimum absolute atomic E-state index is 0.224. The number of rotatable bonds is 6. The fraction of sp³-hybridized carbons (Fsp3) is 0.533. The van der Waals surface area contributed by atoms with Gasteiger partial charge in [-0.1, -0.05) is 0 Å². The van der Waals surface area contributed by atoms with E-state index < -0.39 is 11.7 Å². The summed E-state index contributed by atoms with van der Waals surface area (Å²) in [5.74, 6) is 0.0811. The monoisotopic (exact) mass is 309 g/mol. The van der Waals surface area contributed by atoms with E-state index in [2.05, 4.69) is 15.6 Å². The van der Waals surface area contributed by atoms with E-state index in [9.17, 15) is 9.59 Å². The van der Waals surface area contributed by atoms with Crippen molar-refractivity contribution in [2.45, 2.75) is 33.3 Å². The van der Waals surface area contributed by atoms with Gasteiger partial charge in [0.15, 0.2) is 11.4 Å². The minimum atomic E-state index is -0.548. The van der Waals surface area contributed by atoms with Crippen LogP contribution in [0.25, 0.3) is 0 Å². The molecule has 0 atom stereocenters. The summed E-state index contributed by atoms with van der Waals surface area (Å²) in [6, 6.07) is 3.39. The van der Waals surface area contributed by atoms with Gasteiger partial charge in [0, 0.05) is 19.3 Å². The third-order valence-electron chi connectivity index (χ3n) is 2.36. The number of alkyl carbamates (subject to hydrolysis) is 1. The van der Waals surface area contributed by atoms with E-state index in [1.165, 1.54) is 6.20 Å². The van der Waals surface area contributed by atoms with Crippen molar-refractivity contribution < 1.29 is 19.1 Å². The topological polar surface area (TPSA) is 89.5 Å². The smallest absolute Gasteiger partial charge is 0.407 e. The van der Waals surface area contributed by atoms with Gasteiger partial charge in [-0.3, -0.25) is 4.79 Å². The van der Waals surface area contributed by atoms with Gasteiger partial charge in [0.05, 0.1) is 6.61 Å². The highest BCUT2D eigenvalue weighted by Gasteiger charge is 2.16. The van der Waals surface area contributed by atoms with Gasteiger partial charge in [-0.15, -0.1) is 0 Å². The summed E-state index contributed by atoms with van der Waals surface area (Å²) < 4.78 is 10.4. The van der Waals surface area contributed by atoms with Crippen molar-refractivity contribution in [2.75, 3.05) is 19.7 Å². The molecule has 0 radical (unpaired) electrons. The maximum Gasteiger partial charge on any atom is 0.407 e. The fourth-order valence-corrected chi connectivity index (χ4v) is 1.57. The Balaban J connectivity index is 2.39. The average molecular weight is 309 g/mol. The molecule has 0 saturated carbocycles. The Bertz CT molecular complexity index is 512. The lowest BCUT2D eigenvalue weighted by molar-refractivity contribution is 0.0526. The first-order valence-corrected chi connectivity index (χ1v) is 7.16. The number of aromatic nitrogens is 1. The van der Waals surface area contributed by atoms with Crippen LogP contribution < -0.4 is 15.4 Å². The molecule has 0 aromatic carbocycles. The molecule has 1 aromatic rings. The Morgan fingerprint density at radius 3 is 2.55 bits per heavy atom. The maximum atomic E-state index is 12.0. The zero-order valence-electron chi connectivity index (χ0n) is 13.4. The zero-order chi connectivity index (χ0) is 16.6. The number of carbonyl (C=O) groups excluding carboxylic acids is 2. The van der Waals surface area contributed by atoms with Gasteiger partial charge < -0.3 is 20.1 Å². The van der Waals surface area contributed by atoms with E-state index in [-0.39, 0.29) is 24.7 Å². The van der Waals surface area contributed by atoms with Crippen LogP contribution in [0.5, 0.6) is 5.75 Å². The van der Waals surface area contributed by atoms with E-state index in [1.54, 1.807) is 32.9 Å². The molecule has 0 aliphatic rings. The van der Waals surface area contributed by atoms with E-state index in [4.69, 9.17) is 9.47 Å². The second kappa shape index (κ2) is 8.21. The standard InChI is InChI=1S/C15H23N3O4/c1-5-21-11-7-6-8-16-12(11)13(19)17-9-10-18-14(20)22-15(2,3)4/h6-8H,5,9-10H2,1-4H3,(H,17,19)(H,18,20). The van der Waals surface area contributed by atoms with E-state index in [1.807, 2.05) is 6.92 Å². The van der Waals surface area contributed by atoms with Gasteiger partial charge in [0.2, 0.25) is 0 Å². The number of amides is 2. The molecule has 0 bridgehead atoms. The second-order valence-electron chi connectivity index (χ2n) is 5.47. The zero-order valence-corrected chi connectivity index (χ0v) is 13.4. The second-order valence-corrected chi connectivity index (χ2v) is 5.47. The summed E-state index contributed by atoms with van der Waals surface area (Å²) >= 11 is 0. The maximum absolute atomic E-state index is 12.0. The Kier molecular flexibility index (Phi) is 6.62. The average Bonchev–Trinajstić information content (AvgIpc) is 2.42. The Hall–Kier alpha value is -2.31. The molecule has 1 heterocycles. The predicted octanol–water partition coefficient (Wildman–Crippen LogP) is 1.73. The normalized spacial score (nSPS) is 10.7. The molecule has 7 heteroatoms. The molecule has 7 nitrogen and oxygen atoms in total. The summed E-state index contributed by atoms with van der Waals surface area (Å²) in [5.41, 5.74) is -0.324. The van der Waals surface area contributed by atoms with Crippen LogP contribution in [0.2, 0.25) is 0 Å². The van der Waals surface area contributed by atoms with Crippen LogP contribution in [0.4, 0.5) is 4.79 Å². The number of hydrogen-bond acceptors (Lipinski definition) is 5. The first kappa shape index (κ1) is 17.7. The van der Waals surface area contributed by atoms with E-state index >= 15 is 0 Å². The molecule has 0 aliphatic heterocycles. The van der Waals surface area contributed by atoms with E-state index in [0.29, 0.717) is 12.4 Å². The minimum Gasteiger partial charge on any atom is -0.491 e. The van der Waals surface area contributed by atoms with E-state index in [0.717, 1.165) is 0 Å². The molecule has 122 valence electrons. The van der Waals surface area contributed by atoms with Crippen LogP contribution in [0.3, 0.4) is 0 Å². The molecule has 1 aromatic heterocycles. The third-order valence-corrected chi connectivity index (χ3v) is 2.36. The lowest BCUT2D eigenvalue weighted by Gasteiger charge is -2.19. The van der Waals surface area contributed by atoms with Crippen LogP contribution in [0.15, 0.2) is 18.3 Å². The van der Waals surface area contributed by atoms with Crippen LogP contribution in [0, 0.1) is 0 Å². The Labute approximate surface area is 130 Å². The number of nitrogens with one attached hydrogen (secondary N) is 2. The van der Waals surface area contributed by atoms with Gasteiger partial charge >= 0.3 is 6.09 Å². The molecular formula is C15H23N3O4. The SMILES string of the molecule is CCOc1cccnc1C(=O)NCCNC(=O)OC(C)(C)C. The number of carbonyl (C=O) groups is 2. The largest absolute Gasteiger partial charge is 0.491 e. The summed E-state index contributed by atoms with van der Waals surface area (Å²) in [7, 11) is 0. The van der Waals surface area contributed by atoms with Gasteiger partial charge in [-0.05, 0) is 39.8 Å². The van der Waals surface area contributed by atoms with Crippen LogP contribution in [0.1, 0.15) is 38.2 Å². The fourth-order valence-electron chi connectivity index (χ4n) is 1.57. The highest BCUT2D eigenvalue weighted by Crippen LogP contribution is 2.14. The number of nitrogens with zero attached hydrogens (tertiary/aromatic N) is 1. The van der Waals surface area contributed by atoms with Crippen molar-refractivity contribution in [3.8, 4) is 5.75 Å². The number of pyridine rings is 1. The van der Waals surface area contributed by atoms with Gasteiger partial charge in [0.1, 0.15) is 5.60 Å². The summed E-state index contributed by atoms with van der Waals surface area (Å²) in [6.45, 7) is 8.16. The molecule has 2 amide bonds. The molecule has 1 rings (SSSR count). The van der Waals surface area contributed by atoms with Crippen LogP contribution >= 0.6 is 0 Å². The van der Waals surface area contributed by atoms with Crippen LogP contribution in [-0.4, -0.2) is 42.3 Å². The van der Waals surface area contributed by atoms with Gasteiger partial charge in [-0.2, -0.15) is 0 Å². The van der Waals surface area contributed by atoms with Crippen LogP contribution in [-0.2, 0) is 4.74 Å². The molecule has 0 saturated heterocycles. The predicted molar refractivity (Wildman–Crippen MR) is 82.0 cm³/mol. The quantitative estimate of drug-likeness (QED) is 0.781. The molecule has 0 aliphatic carbocycles. The highest BCUT2D eigenvalue weighted by molar-refractivity contribution is 5.94. The van der Waals surface area contributed by atoms with Crippen molar-refractivity contribution >= 4 is 12.0 Å². The molecule has 2 N–H and O–H groups in total. The van der Waals surface area contributed by atoms with Crippen molar-refractivity contribution in [3.63, 3.8) is 0 Å². The lowest BCUT2D eigenvalue weighted by atomic mass is 10.2. The Morgan fingerprint density at radius 2 is 1.91 bits per heavy atom. The lowest BCUT2D eigenvalue weighted by Crippen LogP contribution is -2.38. The first-order chi connectivity index (χ1) is 10.3. The summed E-state index contributed by atoms with van der Waals surface area (Å²) in [4.78, 5) is 27.5. The van der Waals surface area contributed by atoms with Crippen molar-refractivity contribution in [2.24, 2.45) is 0 Å². The number of hydrogen-bond donors (Lipinski definition) is 2. The summed E-state index contributed by atoms with van der Waals surface area (Å²) in [6.07, 6.45) is 1.01. The highest BCUT2D eigenvalue weighted by atomic mass is 16.6. The summed E-state index contributed by atoms with van der Waals surface area (Å²) in [5, 5.41) is 5.22. The number of ether oxygens (including phenoxy) is 2. The van der Waals surface area contributed by atoms with Crippen molar-refractivity contribution in [3.05, 3.63) is 24.0 Å².